The number of ether oxygens (including phenoxy) is 1. The van der Waals surface area contributed by atoms with Crippen LogP contribution in [0.3, 0.4) is 0 Å². The van der Waals surface area contributed by atoms with Gasteiger partial charge in [-0.3, -0.25) is 0 Å². The highest BCUT2D eigenvalue weighted by Crippen LogP contribution is 2.14. The van der Waals surface area contributed by atoms with Crippen LogP contribution in [-0.4, -0.2) is 39.9 Å². The summed E-state index contributed by atoms with van der Waals surface area (Å²) in [6.07, 6.45) is -0.217. The number of rotatable bonds is 5. The molecule has 0 bridgehead atoms. The lowest BCUT2D eigenvalue weighted by atomic mass is 10.2. The van der Waals surface area contributed by atoms with Gasteiger partial charge in [0.15, 0.2) is 0 Å². The average Bonchev–Trinajstić information content (AvgIpc) is 2.42. The van der Waals surface area contributed by atoms with E-state index in [1.807, 2.05) is 0 Å². The van der Waals surface area contributed by atoms with Crippen LogP contribution in [0.1, 0.15) is 12.5 Å². The number of sulfonamides is 1. The van der Waals surface area contributed by atoms with Gasteiger partial charge in [-0.2, -0.15) is 0 Å². The molecule has 1 rings (SSSR count). The molecule has 0 aliphatic carbocycles. The molecule has 1 aromatic rings. The zero-order valence-electron chi connectivity index (χ0n) is 10.9. The summed E-state index contributed by atoms with van der Waals surface area (Å²) in [5, 5.41) is 8.67. The minimum atomic E-state index is -3.64. The molecule has 0 radical (unpaired) electrons. The van der Waals surface area contributed by atoms with Crippen LogP contribution in [0, 0.1) is 11.8 Å². The third-order valence-electron chi connectivity index (χ3n) is 2.44. The van der Waals surface area contributed by atoms with Crippen molar-refractivity contribution in [1.82, 2.24) is 4.72 Å². The SMILES string of the molecule is COC(C)CNS(=O)(=O)c1ccccc1C#CCO. The molecule has 0 spiro atoms. The summed E-state index contributed by atoms with van der Waals surface area (Å²) < 4.78 is 31.7. The third kappa shape index (κ3) is 4.65. The maximum Gasteiger partial charge on any atom is 0.241 e. The normalized spacial score (nSPS) is 12.6. The Balaban J connectivity index is 3.01. The van der Waals surface area contributed by atoms with E-state index in [0.717, 1.165) is 0 Å². The Morgan fingerprint density at radius 3 is 2.74 bits per heavy atom. The molecule has 104 valence electrons. The highest BCUT2D eigenvalue weighted by atomic mass is 32.2. The smallest absolute Gasteiger partial charge is 0.241 e. The van der Waals surface area contributed by atoms with Gasteiger partial charge in [-0.05, 0) is 19.1 Å². The summed E-state index contributed by atoms with van der Waals surface area (Å²) in [5.74, 6) is 5.06. The number of hydrogen-bond acceptors (Lipinski definition) is 4. The first-order valence-corrected chi connectivity index (χ1v) is 7.20. The molecule has 0 heterocycles. The van der Waals surface area contributed by atoms with E-state index >= 15 is 0 Å². The molecule has 6 heteroatoms. The number of benzene rings is 1. The zero-order chi connectivity index (χ0) is 14.3. The Bertz CT molecular complexity index is 572. The van der Waals surface area contributed by atoms with Crippen LogP contribution in [0.2, 0.25) is 0 Å². The molecule has 1 unspecified atom stereocenters. The summed E-state index contributed by atoms with van der Waals surface area (Å²) in [6.45, 7) is 1.63. The second-order valence-corrected chi connectivity index (χ2v) is 5.59. The van der Waals surface area contributed by atoms with Crippen LogP contribution >= 0.6 is 0 Å². The van der Waals surface area contributed by atoms with E-state index in [2.05, 4.69) is 16.6 Å². The fraction of sp³-hybridized carbons (Fsp3) is 0.385. The first-order valence-electron chi connectivity index (χ1n) is 5.72. The Morgan fingerprint density at radius 1 is 1.42 bits per heavy atom. The van der Waals surface area contributed by atoms with Crippen LogP contribution in [0.25, 0.3) is 0 Å². The number of methoxy groups -OCH3 is 1. The van der Waals surface area contributed by atoms with Gasteiger partial charge in [0.05, 0.1) is 11.0 Å². The van der Waals surface area contributed by atoms with Gasteiger partial charge >= 0.3 is 0 Å². The highest BCUT2D eigenvalue weighted by Gasteiger charge is 2.17. The molecule has 0 saturated carbocycles. The standard InChI is InChI=1S/C13H17NO4S/c1-11(18-2)10-14-19(16,17)13-8-4-3-6-12(13)7-5-9-15/h3-4,6,8,11,14-15H,9-10H2,1-2H3. The van der Waals surface area contributed by atoms with Crippen molar-refractivity contribution in [3.8, 4) is 11.8 Å². The minimum Gasteiger partial charge on any atom is -0.384 e. The van der Waals surface area contributed by atoms with E-state index in [-0.39, 0.29) is 24.2 Å². The van der Waals surface area contributed by atoms with Crippen molar-refractivity contribution in [2.24, 2.45) is 0 Å². The number of nitrogens with one attached hydrogen (secondary N) is 1. The van der Waals surface area contributed by atoms with E-state index in [0.29, 0.717) is 5.56 Å². The second kappa shape index (κ2) is 7.26. The van der Waals surface area contributed by atoms with Crippen molar-refractivity contribution in [2.45, 2.75) is 17.9 Å². The molecule has 1 aromatic carbocycles. The molecule has 5 nitrogen and oxygen atoms in total. The van der Waals surface area contributed by atoms with Gasteiger partial charge in [-0.25, -0.2) is 13.1 Å². The van der Waals surface area contributed by atoms with Crippen molar-refractivity contribution >= 4 is 10.0 Å². The Hall–Kier alpha value is -1.39. The van der Waals surface area contributed by atoms with Crippen LogP contribution in [0.15, 0.2) is 29.2 Å². The second-order valence-electron chi connectivity index (χ2n) is 3.85. The highest BCUT2D eigenvalue weighted by molar-refractivity contribution is 7.89. The minimum absolute atomic E-state index is 0.0965. The number of aliphatic hydroxyl groups is 1. The molecule has 2 N–H and O–H groups in total. The lowest BCUT2D eigenvalue weighted by Gasteiger charge is -2.12. The summed E-state index contributed by atoms with van der Waals surface area (Å²) in [4.78, 5) is 0.0965. The molecule has 0 aliphatic heterocycles. The Labute approximate surface area is 113 Å². The van der Waals surface area contributed by atoms with Gasteiger partial charge in [0.1, 0.15) is 6.61 Å². The van der Waals surface area contributed by atoms with E-state index < -0.39 is 10.0 Å². The van der Waals surface area contributed by atoms with Crippen molar-refractivity contribution in [3.63, 3.8) is 0 Å². The molecule has 0 aliphatic rings. The topological polar surface area (TPSA) is 75.6 Å². The van der Waals surface area contributed by atoms with Crippen LogP contribution in [-0.2, 0) is 14.8 Å². The Kier molecular flexibility index (Phi) is 5.99. The number of hydrogen-bond donors (Lipinski definition) is 2. The monoisotopic (exact) mass is 283 g/mol. The number of aliphatic hydroxyl groups excluding tert-OH is 1. The third-order valence-corrected chi connectivity index (χ3v) is 3.92. The molecule has 19 heavy (non-hydrogen) atoms. The maximum absolute atomic E-state index is 12.1. The molecule has 0 fully saturated rings. The molecule has 0 aromatic heterocycles. The van der Waals surface area contributed by atoms with Crippen LogP contribution in [0.5, 0.6) is 0 Å². The summed E-state index contributed by atoms with van der Waals surface area (Å²) in [5.41, 5.74) is 0.356. The predicted molar refractivity (Wildman–Crippen MR) is 72.1 cm³/mol. The lowest BCUT2D eigenvalue weighted by molar-refractivity contribution is 0.122. The molecular formula is C13H17NO4S. The van der Waals surface area contributed by atoms with E-state index in [1.54, 1.807) is 25.1 Å². The van der Waals surface area contributed by atoms with E-state index in [1.165, 1.54) is 13.2 Å². The molecular weight excluding hydrogens is 266 g/mol. The average molecular weight is 283 g/mol. The van der Waals surface area contributed by atoms with Crippen LogP contribution < -0.4 is 4.72 Å². The summed E-state index contributed by atoms with van der Waals surface area (Å²) >= 11 is 0. The summed E-state index contributed by atoms with van der Waals surface area (Å²) in [7, 11) is -2.13. The van der Waals surface area contributed by atoms with Crippen molar-refractivity contribution in [1.29, 1.82) is 0 Å². The fourth-order valence-corrected chi connectivity index (χ4v) is 2.60. The quantitative estimate of drug-likeness (QED) is 0.764. The van der Waals surface area contributed by atoms with E-state index in [4.69, 9.17) is 9.84 Å². The maximum atomic E-state index is 12.1. The van der Waals surface area contributed by atoms with Gasteiger partial charge in [-0.15, -0.1) is 0 Å². The van der Waals surface area contributed by atoms with Gasteiger partial charge in [0.25, 0.3) is 0 Å². The van der Waals surface area contributed by atoms with Gasteiger partial charge < -0.3 is 9.84 Å². The summed E-state index contributed by atoms with van der Waals surface area (Å²) in [6, 6.07) is 6.38. The van der Waals surface area contributed by atoms with Gasteiger partial charge in [-0.1, -0.05) is 24.0 Å². The van der Waals surface area contributed by atoms with Crippen molar-refractivity contribution < 1.29 is 18.3 Å². The van der Waals surface area contributed by atoms with Crippen LogP contribution in [0.4, 0.5) is 0 Å². The van der Waals surface area contributed by atoms with Gasteiger partial charge in [0, 0.05) is 19.2 Å². The van der Waals surface area contributed by atoms with Gasteiger partial charge in [0.2, 0.25) is 10.0 Å². The zero-order valence-corrected chi connectivity index (χ0v) is 11.7. The van der Waals surface area contributed by atoms with E-state index in [9.17, 15) is 8.42 Å². The predicted octanol–water partition coefficient (Wildman–Crippen LogP) is 0.344. The first-order chi connectivity index (χ1) is 9.01. The molecule has 0 amide bonds. The molecule has 0 saturated heterocycles. The lowest BCUT2D eigenvalue weighted by Crippen LogP contribution is -2.32. The first kappa shape index (κ1) is 15.7. The van der Waals surface area contributed by atoms with Crippen molar-refractivity contribution in [2.75, 3.05) is 20.3 Å². The largest absolute Gasteiger partial charge is 0.384 e. The van der Waals surface area contributed by atoms with Crippen molar-refractivity contribution in [3.05, 3.63) is 29.8 Å². The Morgan fingerprint density at radius 2 is 2.11 bits per heavy atom. The fourth-order valence-electron chi connectivity index (χ4n) is 1.33. The molecule has 1 atom stereocenters.